The van der Waals surface area contributed by atoms with Gasteiger partial charge in [0, 0.05) is 25.8 Å². The number of rotatable bonds is 4. The second-order valence-electron chi connectivity index (χ2n) is 4.82. The molecule has 0 saturated carbocycles. The Kier molecular flexibility index (Phi) is 4.31. The van der Waals surface area contributed by atoms with Crippen LogP contribution in [0.3, 0.4) is 0 Å². The van der Waals surface area contributed by atoms with Crippen LogP contribution in [0.5, 0.6) is 0 Å². The summed E-state index contributed by atoms with van der Waals surface area (Å²) >= 11 is 0. The van der Waals surface area contributed by atoms with E-state index < -0.39 is 0 Å². The first-order valence-corrected chi connectivity index (χ1v) is 6.56. The Bertz CT molecular complexity index is 345. The summed E-state index contributed by atoms with van der Waals surface area (Å²) in [4.78, 5) is 11.3. The topological polar surface area (TPSA) is 41.1 Å². The Morgan fingerprint density at radius 2 is 2.12 bits per heavy atom. The third-order valence-electron chi connectivity index (χ3n) is 3.34. The van der Waals surface area contributed by atoms with Crippen molar-refractivity contribution in [1.82, 2.24) is 15.3 Å². The Balaban J connectivity index is 2.00. The molecule has 2 heterocycles. The maximum Gasteiger partial charge on any atom is 0.147 e. The molecule has 0 unspecified atom stereocenters. The summed E-state index contributed by atoms with van der Waals surface area (Å²) in [6.07, 6.45) is 6.25. The predicted octanol–water partition coefficient (Wildman–Crippen LogP) is 1.82. The van der Waals surface area contributed by atoms with Gasteiger partial charge in [0.25, 0.3) is 0 Å². The molecule has 1 aliphatic rings. The molecule has 0 bridgehead atoms. The number of hydrogen-bond acceptors (Lipinski definition) is 4. The van der Waals surface area contributed by atoms with Crippen molar-refractivity contribution in [2.24, 2.45) is 5.92 Å². The van der Waals surface area contributed by atoms with Crippen LogP contribution >= 0.6 is 0 Å². The van der Waals surface area contributed by atoms with Gasteiger partial charge in [0.1, 0.15) is 5.82 Å². The van der Waals surface area contributed by atoms with Crippen molar-refractivity contribution in [2.45, 2.75) is 33.2 Å². The fourth-order valence-electron chi connectivity index (χ4n) is 2.12. The molecule has 2 rings (SSSR count). The Hall–Kier alpha value is -1.16. The zero-order valence-corrected chi connectivity index (χ0v) is 10.8. The lowest BCUT2D eigenvalue weighted by Crippen LogP contribution is -2.33. The van der Waals surface area contributed by atoms with Gasteiger partial charge in [0.2, 0.25) is 0 Å². The van der Waals surface area contributed by atoms with Gasteiger partial charge in [-0.3, -0.25) is 4.98 Å². The Morgan fingerprint density at radius 1 is 1.35 bits per heavy atom. The minimum Gasteiger partial charge on any atom is -0.355 e. The van der Waals surface area contributed by atoms with Gasteiger partial charge >= 0.3 is 0 Å². The molecule has 1 aliphatic heterocycles. The van der Waals surface area contributed by atoms with E-state index in [2.05, 4.69) is 34.0 Å². The largest absolute Gasteiger partial charge is 0.355 e. The molecule has 94 valence electrons. The van der Waals surface area contributed by atoms with E-state index in [1.165, 1.54) is 12.8 Å². The summed E-state index contributed by atoms with van der Waals surface area (Å²) in [6.45, 7) is 8.42. The van der Waals surface area contributed by atoms with Gasteiger partial charge in [0.15, 0.2) is 0 Å². The van der Waals surface area contributed by atoms with Gasteiger partial charge in [-0.2, -0.15) is 0 Å². The van der Waals surface area contributed by atoms with E-state index in [0.29, 0.717) is 0 Å². The van der Waals surface area contributed by atoms with E-state index in [-0.39, 0.29) is 0 Å². The van der Waals surface area contributed by atoms with Gasteiger partial charge in [-0.1, -0.05) is 13.8 Å². The van der Waals surface area contributed by atoms with Crippen LogP contribution in [0.2, 0.25) is 0 Å². The van der Waals surface area contributed by atoms with Crippen molar-refractivity contribution >= 4 is 5.82 Å². The van der Waals surface area contributed by atoms with Gasteiger partial charge in [-0.05, 0) is 25.3 Å². The van der Waals surface area contributed by atoms with Crippen molar-refractivity contribution in [3.63, 3.8) is 0 Å². The number of anilines is 1. The second-order valence-corrected chi connectivity index (χ2v) is 4.82. The molecule has 17 heavy (non-hydrogen) atoms. The molecule has 0 aromatic carbocycles. The highest BCUT2D eigenvalue weighted by atomic mass is 15.2. The van der Waals surface area contributed by atoms with Crippen LogP contribution in [0.1, 0.15) is 32.4 Å². The summed E-state index contributed by atoms with van der Waals surface area (Å²) in [5, 5.41) is 3.28. The maximum absolute atomic E-state index is 4.66. The number of nitrogens with zero attached hydrogens (tertiary/aromatic N) is 3. The number of aromatic nitrogens is 2. The standard InChI is InChI=1S/C13H22N4/c1-3-14-8-12-9-15-10-13(16-12)17-6-4-11(2)5-7-17/h9-11,14H,3-8H2,1-2H3. The van der Waals surface area contributed by atoms with Gasteiger partial charge < -0.3 is 10.2 Å². The summed E-state index contributed by atoms with van der Waals surface area (Å²) in [7, 11) is 0. The fourth-order valence-corrected chi connectivity index (χ4v) is 2.12. The van der Waals surface area contributed by atoms with Crippen LogP contribution in [-0.2, 0) is 6.54 Å². The highest BCUT2D eigenvalue weighted by Gasteiger charge is 2.17. The molecule has 1 aromatic rings. The second kappa shape index (κ2) is 5.96. The fraction of sp³-hybridized carbons (Fsp3) is 0.692. The lowest BCUT2D eigenvalue weighted by atomic mass is 9.99. The molecule has 0 spiro atoms. The Labute approximate surface area is 103 Å². The average Bonchev–Trinajstić information content (AvgIpc) is 2.37. The van der Waals surface area contributed by atoms with Crippen molar-refractivity contribution in [2.75, 3.05) is 24.5 Å². The van der Waals surface area contributed by atoms with E-state index in [1.807, 2.05) is 12.4 Å². The quantitative estimate of drug-likeness (QED) is 0.863. The molecule has 1 aromatic heterocycles. The highest BCUT2D eigenvalue weighted by molar-refractivity contribution is 5.36. The smallest absolute Gasteiger partial charge is 0.147 e. The van der Waals surface area contributed by atoms with Gasteiger partial charge in [0.05, 0.1) is 11.9 Å². The first-order valence-electron chi connectivity index (χ1n) is 6.56. The number of hydrogen-bond donors (Lipinski definition) is 1. The van der Waals surface area contributed by atoms with Crippen LogP contribution in [0.25, 0.3) is 0 Å². The molecule has 0 aliphatic carbocycles. The van der Waals surface area contributed by atoms with Crippen molar-refractivity contribution < 1.29 is 0 Å². The zero-order chi connectivity index (χ0) is 12.1. The minimum absolute atomic E-state index is 0.807. The summed E-state index contributed by atoms with van der Waals surface area (Å²) in [5.41, 5.74) is 1.03. The van der Waals surface area contributed by atoms with Crippen molar-refractivity contribution in [3.05, 3.63) is 18.1 Å². The third-order valence-corrected chi connectivity index (χ3v) is 3.34. The lowest BCUT2D eigenvalue weighted by Gasteiger charge is -2.31. The first-order chi connectivity index (χ1) is 8.29. The van der Waals surface area contributed by atoms with Gasteiger partial charge in [-0.15, -0.1) is 0 Å². The van der Waals surface area contributed by atoms with E-state index in [0.717, 1.165) is 43.6 Å². The first kappa shape index (κ1) is 12.3. The summed E-state index contributed by atoms with van der Waals surface area (Å²) < 4.78 is 0. The summed E-state index contributed by atoms with van der Waals surface area (Å²) in [5.74, 6) is 1.89. The molecule has 1 saturated heterocycles. The summed E-state index contributed by atoms with van der Waals surface area (Å²) in [6, 6.07) is 0. The predicted molar refractivity (Wildman–Crippen MR) is 70.0 cm³/mol. The van der Waals surface area contributed by atoms with Crippen LogP contribution in [0, 0.1) is 5.92 Å². The highest BCUT2D eigenvalue weighted by Crippen LogP contribution is 2.20. The molecule has 0 atom stereocenters. The molecule has 4 nitrogen and oxygen atoms in total. The minimum atomic E-state index is 0.807. The van der Waals surface area contributed by atoms with Crippen LogP contribution in [-0.4, -0.2) is 29.6 Å². The van der Waals surface area contributed by atoms with E-state index in [9.17, 15) is 0 Å². The lowest BCUT2D eigenvalue weighted by molar-refractivity contribution is 0.436. The third kappa shape index (κ3) is 3.40. The zero-order valence-electron chi connectivity index (χ0n) is 10.8. The van der Waals surface area contributed by atoms with E-state index in [4.69, 9.17) is 0 Å². The molecule has 1 N–H and O–H groups in total. The SMILES string of the molecule is CCNCc1cncc(N2CCC(C)CC2)n1. The van der Waals surface area contributed by atoms with Crippen LogP contribution < -0.4 is 10.2 Å². The molecular weight excluding hydrogens is 212 g/mol. The molecule has 0 radical (unpaired) electrons. The Morgan fingerprint density at radius 3 is 2.82 bits per heavy atom. The number of nitrogens with one attached hydrogen (secondary N) is 1. The molecule has 1 fully saturated rings. The van der Waals surface area contributed by atoms with Crippen molar-refractivity contribution in [3.8, 4) is 0 Å². The van der Waals surface area contributed by atoms with Gasteiger partial charge in [-0.25, -0.2) is 4.98 Å². The van der Waals surface area contributed by atoms with Crippen LogP contribution in [0.4, 0.5) is 5.82 Å². The maximum atomic E-state index is 4.66. The normalized spacial score (nSPS) is 17.4. The average molecular weight is 234 g/mol. The monoisotopic (exact) mass is 234 g/mol. The van der Waals surface area contributed by atoms with E-state index in [1.54, 1.807) is 0 Å². The van der Waals surface area contributed by atoms with Crippen molar-refractivity contribution in [1.29, 1.82) is 0 Å². The number of piperidine rings is 1. The molecule has 0 amide bonds. The van der Waals surface area contributed by atoms with Crippen LogP contribution in [0.15, 0.2) is 12.4 Å². The van der Waals surface area contributed by atoms with E-state index >= 15 is 0 Å². The molecule has 4 heteroatoms. The molecular formula is C13H22N4.